The Labute approximate surface area is 256 Å². The number of piperazine rings is 1. The Hall–Kier alpha value is -3.40. The number of pyridine rings is 1. The minimum Gasteiger partial charge on any atom is -0.478 e. The Bertz CT molecular complexity index is 1440. The maximum atomic E-state index is 16.5. The molecule has 8 nitrogen and oxygen atoms in total. The minimum absolute atomic E-state index is 0.0449. The van der Waals surface area contributed by atoms with Crippen LogP contribution in [0.5, 0.6) is 5.88 Å². The Morgan fingerprint density at radius 2 is 1.90 bits per heavy atom. The number of amides is 2. The molecule has 1 N–H and O–H groups in total. The van der Waals surface area contributed by atoms with Gasteiger partial charge in [0.1, 0.15) is 5.82 Å². The van der Waals surface area contributed by atoms with Gasteiger partial charge in [0.15, 0.2) is 0 Å². The van der Waals surface area contributed by atoms with E-state index in [0.717, 1.165) is 0 Å². The molecule has 0 unspecified atom stereocenters. The number of halogens is 3. The van der Waals surface area contributed by atoms with Crippen LogP contribution in [0, 0.1) is 5.82 Å². The third kappa shape index (κ3) is 6.97. The van der Waals surface area contributed by atoms with Crippen LogP contribution in [-0.2, 0) is 0 Å². The molecule has 0 spiro atoms. The fourth-order valence-electron chi connectivity index (χ4n) is 5.10. The van der Waals surface area contributed by atoms with Gasteiger partial charge >= 0.3 is 0 Å². The SMILES string of the molecule is CCOc1ncccc1-c1ccc(N2CCN(C(=O)c3ccc(Cl)cc3Cl)C[C@H]2CC)c(C(=O)NCCN(C)C)c1F. The molecule has 1 aliphatic heterocycles. The van der Waals surface area contributed by atoms with E-state index in [1.165, 1.54) is 0 Å². The molecular weight excluding hydrogens is 580 g/mol. The van der Waals surface area contributed by atoms with E-state index in [9.17, 15) is 9.59 Å². The lowest BCUT2D eigenvalue weighted by Crippen LogP contribution is -2.55. The van der Waals surface area contributed by atoms with E-state index < -0.39 is 11.7 Å². The van der Waals surface area contributed by atoms with Crippen molar-refractivity contribution in [2.24, 2.45) is 0 Å². The first-order chi connectivity index (χ1) is 20.2. The van der Waals surface area contributed by atoms with Gasteiger partial charge in [-0.25, -0.2) is 9.37 Å². The van der Waals surface area contributed by atoms with Gasteiger partial charge in [0, 0.05) is 61.1 Å². The van der Waals surface area contributed by atoms with Crippen LogP contribution in [-0.4, -0.2) is 86.1 Å². The monoisotopic (exact) mass is 615 g/mol. The average molecular weight is 617 g/mol. The van der Waals surface area contributed by atoms with Crippen molar-refractivity contribution in [3.8, 4) is 17.0 Å². The molecule has 1 fully saturated rings. The first-order valence-electron chi connectivity index (χ1n) is 14.0. The Morgan fingerprint density at radius 3 is 2.60 bits per heavy atom. The normalized spacial score (nSPS) is 15.2. The number of ether oxygens (including phenoxy) is 1. The van der Waals surface area contributed by atoms with Crippen LogP contribution in [0.4, 0.5) is 10.1 Å². The average Bonchev–Trinajstić information content (AvgIpc) is 2.96. The number of nitrogens with one attached hydrogen (secondary N) is 1. The summed E-state index contributed by atoms with van der Waals surface area (Å²) >= 11 is 12.3. The van der Waals surface area contributed by atoms with Crippen molar-refractivity contribution in [2.45, 2.75) is 26.3 Å². The highest BCUT2D eigenvalue weighted by Crippen LogP contribution is 2.37. The fraction of sp³-hybridized carbons (Fsp3) is 0.387. The molecule has 1 aliphatic rings. The zero-order chi connectivity index (χ0) is 30.4. The van der Waals surface area contributed by atoms with Crippen molar-refractivity contribution in [3.63, 3.8) is 0 Å². The van der Waals surface area contributed by atoms with E-state index >= 15 is 4.39 Å². The second-order valence-electron chi connectivity index (χ2n) is 10.3. The van der Waals surface area contributed by atoms with Gasteiger partial charge in [0.2, 0.25) is 5.88 Å². The summed E-state index contributed by atoms with van der Waals surface area (Å²) in [6, 6.07) is 11.5. The molecule has 42 heavy (non-hydrogen) atoms. The van der Waals surface area contributed by atoms with Crippen LogP contribution in [0.1, 0.15) is 41.0 Å². The smallest absolute Gasteiger partial charge is 0.256 e. The molecule has 2 amide bonds. The molecule has 0 bridgehead atoms. The summed E-state index contributed by atoms with van der Waals surface area (Å²) in [6.07, 6.45) is 2.25. The number of carbonyl (C=O) groups excluding carboxylic acids is 2. The first kappa shape index (κ1) is 31.5. The number of hydrogen-bond donors (Lipinski definition) is 1. The van der Waals surface area contributed by atoms with Gasteiger partial charge in [-0.3, -0.25) is 9.59 Å². The summed E-state index contributed by atoms with van der Waals surface area (Å²) in [5.41, 5.74) is 1.50. The molecule has 0 saturated carbocycles. The fourth-order valence-corrected chi connectivity index (χ4v) is 5.59. The lowest BCUT2D eigenvalue weighted by atomic mass is 9.98. The van der Waals surface area contributed by atoms with Crippen molar-refractivity contribution < 1.29 is 18.7 Å². The number of nitrogens with zero attached hydrogens (tertiary/aromatic N) is 4. The highest BCUT2D eigenvalue weighted by Gasteiger charge is 2.33. The van der Waals surface area contributed by atoms with E-state index in [0.29, 0.717) is 78.5 Å². The highest BCUT2D eigenvalue weighted by atomic mass is 35.5. The van der Waals surface area contributed by atoms with Crippen molar-refractivity contribution in [3.05, 3.63) is 75.7 Å². The summed E-state index contributed by atoms with van der Waals surface area (Å²) in [7, 11) is 3.81. The van der Waals surface area contributed by atoms with Crippen molar-refractivity contribution in [2.75, 3.05) is 58.3 Å². The molecule has 1 aromatic heterocycles. The maximum absolute atomic E-state index is 16.5. The second kappa shape index (κ2) is 14.2. The van der Waals surface area contributed by atoms with Crippen molar-refractivity contribution >= 4 is 40.7 Å². The molecule has 2 heterocycles. The zero-order valence-electron chi connectivity index (χ0n) is 24.3. The predicted molar refractivity (Wildman–Crippen MR) is 165 cm³/mol. The van der Waals surface area contributed by atoms with E-state index in [1.54, 1.807) is 53.6 Å². The summed E-state index contributed by atoms with van der Waals surface area (Å²) in [6.45, 7) is 6.32. The largest absolute Gasteiger partial charge is 0.478 e. The molecule has 3 aromatic rings. The van der Waals surface area contributed by atoms with Crippen LogP contribution in [0.3, 0.4) is 0 Å². The Kier molecular flexibility index (Phi) is 10.6. The van der Waals surface area contributed by atoms with E-state index in [2.05, 4.69) is 10.3 Å². The number of anilines is 1. The van der Waals surface area contributed by atoms with Gasteiger partial charge in [0.25, 0.3) is 11.8 Å². The molecule has 1 saturated heterocycles. The van der Waals surface area contributed by atoms with Crippen LogP contribution in [0.25, 0.3) is 11.1 Å². The zero-order valence-corrected chi connectivity index (χ0v) is 25.8. The standard InChI is InChI=1S/C31H36Cl2FN5O3/c1-5-21-19-38(31(41)24-10-9-20(32)18-25(24)33)16-17-39(21)26-12-11-22(23-8-7-13-36-30(23)42-6-2)28(34)27(26)29(40)35-14-15-37(3)4/h7-13,18,21H,5-6,14-17,19H2,1-4H3,(H,35,40)/t21-/m1/s1. The summed E-state index contributed by atoms with van der Waals surface area (Å²) in [5, 5.41) is 3.62. The highest BCUT2D eigenvalue weighted by molar-refractivity contribution is 6.36. The Balaban J connectivity index is 1.70. The Morgan fingerprint density at radius 1 is 1.12 bits per heavy atom. The van der Waals surface area contributed by atoms with E-state index in [4.69, 9.17) is 27.9 Å². The second-order valence-corrected chi connectivity index (χ2v) is 11.1. The summed E-state index contributed by atoms with van der Waals surface area (Å²) < 4.78 is 22.1. The topological polar surface area (TPSA) is 78.0 Å². The lowest BCUT2D eigenvalue weighted by molar-refractivity contribution is 0.0720. The van der Waals surface area contributed by atoms with Gasteiger partial charge in [-0.2, -0.15) is 0 Å². The molecule has 0 aliphatic carbocycles. The number of aromatic nitrogens is 1. The molecule has 0 radical (unpaired) electrons. The number of benzene rings is 2. The predicted octanol–water partition coefficient (Wildman–Crippen LogP) is 5.63. The van der Waals surface area contributed by atoms with Crippen molar-refractivity contribution in [1.82, 2.24) is 20.1 Å². The van der Waals surface area contributed by atoms with Crippen LogP contribution in [0.15, 0.2) is 48.7 Å². The van der Waals surface area contributed by atoms with Gasteiger partial charge in [-0.05, 0) is 69.9 Å². The van der Waals surface area contributed by atoms with Gasteiger partial charge in [-0.1, -0.05) is 30.1 Å². The van der Waals surface area contributed by atoms with Gasteiger partial charge < -0.3 is 24.8 Å². The minimum atomic E-state index is -0.648. The third-order valence-corrected chi connectivity index (χ3v) is 7.79. The molecular formula is C31H36Cl2FN5O3. The van der Waals surface area contributed by atoms with Crippen LogP contribution < -0.4 is 15.0 Å². The summed E-state index contributed by atoms with van der Waals surface area (Å²) in [5.74, 6) is -1.05. The van der Waals surface area contributed by atoms with Crippen LogP contribution in [0.2, 0.25) is 10.0 Å². The van der Waals surface area contributed by atoms with Crippen molar-refractivity contribution in [1.29, 1.82) is 0 Å². The summed E-state index contributed by atoms with van der Waals surface area (Å²) in [4.78, 5) is 36.9. The van der Waals surface area contributed by atoms with Gasteiger partial charge in [0.05, 0.1) is 28.4 Å². The lowest BCUT2D eigenvalue weighted by Gasteiger charge is -2.43. The molecule has 1 atom stereocenters. The van der Waals surface area contributed by atoms with Crippen LogP contribution >= 0.6 is 23.2 Å². The molecule has 4 rings (SSSR count). The first-order valence-corrected chi connectivity index (χ1v) is 14.8. The number of carbonyl (C=O) groups is 2. The number of hydrogen-bond acceptors (Lipinski definition) is 6. The third-order valence-electron chi connectivity index (χ3n) is 7.25. The molecule has 2 aromatic carbocycles. The number of rotatable bonds is 10. The van der Waals surface area contributed by atoms with E-state index in [1.807, 2.05) is 37.7 Å². The molecule has 224 valence electrons. The van der Waals surface area contributed by atoms with Gasteiger partial charge in [-0.15, -0.1) is 0 Å². The molecule has 11 heteroatoms. The van der Waals surface area contributed by atoms with E-state index in [-0.39, 0.29) is 23.1 Å². The quantitative estimate of drug-likeness (QED) is 0.319. The maximum Gasteiger partial charge on any atom is 0.256 e. The number of likely N-dealkylation sites (N-methyl/N-ethyl adjacent to an activating group) is 1.